The summed E-state index contributed by atoms with van der Waals surface area (Å²) in [6, 6.07) is 6.90. The summed E-state index contributed by atoms with van der Waals surface area (Å²) in [6.07, 6.45) is 1.62. The zero-order chi connectivity index (χ0) is 13.8. The van der Waals surface area contributed by atoms with E-state index in [4.69, 9.17) is 4.74 Å². The molecule has 19 heavy (non-hydrogen) atoms. The van der Waals surface area contributed by atoms with E-state index >= 15 is 0 Å². The van der Waals surface area contributed by atoms with Crippen LogP contribution >= 0.6 is 11.8 Å². The average molecular weight is 277 g/mol. The lowest BCUT2D eigenvalue weighted by Gasteiger charge is -2.03. The van der Waals surface area contributed by atoms with Gasteiger partial charge in [-0.25, -0.2) is 0 Å². The number of thioether (sulfide) groups is 1. The van der Waals surface area contributed by atoms with Crippen LogP contribution in [0.15, 0.2) is 29.2 Å². The number of carbonyl (C=O) groups is 3. The van der Waals surface area contributed by atoms with Crippen molar-refractivity contribution in [1.82, 2.24) is 5.32 Å². The van der Waals surface area contributed by atoms with E-state index in [1.807, 2.05) is 0 Å². The molecule has 0 bridgehead atoms. The minimum absolute atomic E-state index is 0.0349. The van der Waals surface area contributed by atoms with Gasteiger partial charge in [-0.1, -0.05) is 12.1 Å². The summed E-state index contributed by atoms with van der Waals surface area (Å²) >= 11 is 0.872. The monoisotopic (exact) mass is 277 g/mol. The fourth-order valence-corrected chi connectivity index (χ4v) is 2.10. The average Bonchev–Trinajstić information content (AvgIpc) is 2.67. The number of imide groups is 1. The van der Waals surface area contributed by atoms with Gasteiger partial charge in [0.1, 0.15) is 12.4 Å². The highest BCUT2D eigenvalue weighted by Crippen LogP contribution is 2.26. The molecule has 6 heteroatoms. The predicted molar refractivity (Wildman–Crippen MR) is 71.7 cm³/mol. The molecule has 1 aliphatic heterocycles. The number of ether oxygens (including phenoxy) is 1. The van der Waals surface area contributed by atoms with E-state index < -0.39 is 0 Å². The van der Waals surface area contributed by atoms with Gasteiger partial charge in [-0.3, -0.25) is 19.7 Å². The zero-order valence-electron chi connectivity index (χ0n) is 10.1. The molecule has 0 radical (unpaired) electrons. The number of carbonyl (C=O) groups excluding carboxylic acids is 3. The van der Waals surface area contributed by atoms with Crippen LogP contribution in [0, 0.1) is 0 Å². The number of hydrogen-bond acceptors (Lipinski definition) is 5. The number of amides is 2. The van der Waals surface area contributed by atoms with Crippen molar-refractivity contribution >= 4 is 34.8 Å². The summed E-state index contributed by atoms with van der Waals surface area (Å²) in [6.45, 7) is 1.49. The van der Waals surface area contributed by atoms with E-state index in [1.54, 1.807) is 30.3 Å². The minimum atomic E-state index is -0.382. The van der Waals surface area contributed by atoms with Gasteiger partial charge in [0.25, 0.3) is 11.1 Å². The first kappa shape index (κ1) is 13.4. The summed E-state index contributed by atoms with van der Waals surface area (Å²) in [7, 11) is 0. The molecule has 0 aliphatic carbocycles. The Morgan fingerprint density at radius 3 is 2.53 bits per heavy atom. The summed E-state index contributed by atoms with van der Waals surface area (Å²) in [5, 5.41) is 1.82. The Bertz CT molecular complexity index is 563. The van der Waals surface area contributed by atoms with Gasteiger partial charge in [0.05, 0.1) is 4.91 Å². The van der Waals surface area contributed by atoms with Gasteiger partial charge in [0, 0.05) is 0 Å². The van der Waals surface area contributed by atoms with Crippen LogP contribution in [-0.2, 0) is 9.59 Å². The van der Waals surface area contributed by atoms with Gasteiger partial charge in [0.2, 0.25) is 0 Å². The first-order valence-electron chi connectivity index (χ1n) is 5.52. The number of benzene rings is 1. The molecule has 1 fully saturated rings. The Balaban J connectivity index is 2.06. The van der Waals surface area contributed by atoms with Gasteiger partial charge < -0.3 is 4.74 Å². The van der Waals surface area contributed by atoms with E-state index in [9.17, 15) is 14.4 Å². The molecule has 0 saturated carbocycles. The van der Waals surface area contributed by atoms with Crippen LogP contribution in [0.5, 0.6) is 5.75 Å². The molecule has 0 unspecified atom stereocenters. The van der Waals surface area contributed by atoms with Gasteiger partial charge in [-0.2, -0.15) is 0 Å². The topological polar surface area (TPSA) is 72.5 Å². The summed E-state index contributed by atoms with van der Waals surface area (Å²) in [4.78, 5) is 33.5. The Morgan fingerprint density at radius 2 is 2.00 bits per heavy atom. The summed E-state index contributed by atoms with van der Waals surface area (Å²) in [5.74, 6) is 0.146. The fraction of sp³-hybridized carbons (Fsp3) is 0.154. The van der Waals surface area contributed by atoms with Gasteiger partial charge in [-0.05, 0) is 42.5 Å². The Hall–Kier alpha value is -2.08. The predicted octanol–water partition coefficient (Wildman–Crippen LogP) is 1.98. The third-order valence-corrected chi connectivity index (χ3v) is 3.07. The number of Topliss-reactive ketones (excluding diaryl/α,β-unsaturated/α-hetero) is 1. The van der Waals surface area contributed by atoms with Crippen molar-refractivity contribution in [2.45, 2.75) is 6.92 Å². The third kappa shape index (κ3) is 3.69. The summed E-state index contributed by atoms with van der Waals surface area (Å²) < 4.78 is 5.22. The molecule has 1 N–H and O–H groups in total. The van der Waals surface area contributed by atoms with Crippen LogP contribution in [0.25, 0.3) is 6.08 Å². The van der Waals surface area contributed by atoms with Crippen molar-refractivity contribution in [3.05, 3.63) is 34.7 Å². The van der Waals surface area contributed by atoms with Crippen LogP contribution < -0.4 is 10.1 Å². The van der Waals surface area contributed by atoms with Crippen LogP contribution in [0.1, 0.15) is 12.5 Å². The Labute approximate surface area is 114 Å². The van der Waals surface area contributed by atoms with Crippen molar-refractivity contribution < 1.29 is 19.1 Å². The molecule has 0 aromatic heterocycles. The quantitative estimate of drug-likeness (QED) is 0.852. The van der Waals surface area contributed by atoms with Crippen LogP contribution in [0.2, 0.25) is 0 Å². The van der Waals surface area contributed by atoms with Crippen molar-refractivity contribution in [1.29, 1.82) is 0 Å². The maximum absolute atomic E-state index is 11.4. The lowest BCUT2D eigenvalue weighted by Crippen LogP contribution is -2.17. The molecule has 5 nitrogen and oxygen atoms in total. The molecule has 1 aromatic carbocycles. The largest absolute Gasteiger partial charge is 0.486 e. The number of nitrogens with one attached hydrogen (secondary N) is 1. The van der Waals surface area contributed by atoms with Crippen LogP contribution in [0.4, 0.5) is 4.79 Å². The molecule has 1 saturated heterocycles. The van der Waals surface area contributed by atoms with E-state index in [0.29, 0.717) is 10.7 Å². The SMILES string of the molecule is CC(=O)COc1ccc(/C=C2\SC(=O)NC2=O)cc1. The van der Waals surface area contributed by atoms with Crippen LogP contribution in [-0.4, -0.2) is 23.5 Å². The molecular formula is C13H11NO4S. The molecule has 98 valence electrons. The second-order valence-electron chi connectivity index (χ2n) is 3.91. The van der Waals surface area contributed by atoms with E-state index in [-0.39, 0.29) is 23.5 Å². The Morgan fingerprint density at radius 1 is 1.32 bits per heavy atom. The van der Waals surface area contributed by atoms with Gasteiger partial charge in [-0.15, -0.1) is 0 Å². The maximum Gasteiger partial charge on any atom is 0.290 e. The highest BCUT2D eigenvalue weighted by Gasteiger charge is 2.24. The van der Waals surface area contributed by atoms with E-state index in [0.717, 1.165) is 17.3 Å². The zero-order valence-corrected chi connectivity index (χ0v) is 11.0. The summed E-state index contributed by atoms with van der Waals surface area (Å²) in [5.41, 5.74) is 0.780. The molecule has 2 rings (SSSR count). The molecular weight excluding hydrogens is 266 g/mol. The second-order valence-corrected chi connectivity index (χ2v) is 4.93. The molecule has 0 spiro atoms. The van der Waals surface area contributed by atoms with Crippen molar-refractivity contribution in [2.24, 2.45) is 0 Å². The van der Waals surface area contributed by atoms with Crippen molar-refractivity contribution in [3.63, 3.8) is 0 Å². The molecule has 1 aliphatic rings. The van der Waals surface area contributed by atoms with Crippen molar-refractivity contribution in [2.75, 3.05) is 6.61 Å². The lowest BCUT2D eigenvalue weighted by molar-refractivity contribution is -0.119. The van der Waals surface area contributed by atoms with E-state index in [2.05, 4.69) is 5.32 Å². The molecule has 1 aromatic rings. The highest BCUT2D eigenvalue weighted by molar-refractivity contribution is 8.18. The normalized spacial score (nSPS) is 16.6. The van der Waals surface area contributed by atoms with E-state index in [1.165, 1.54) is 6.92 Å². The first-order valence-corrected chi connectivity index (χ1v) is 6.33. The highest BCUT2D eigenvalue weighted by atomic mass is 32.2. The number of ketones is 1. The van der Waals surface area contributed by atoms with Crippen LogP contribution in [0.3, 0.4) is 0 Å². The lowest BCUT2D eigenvalue weighted by atomic mass is 10.2. The fourth-order valence-electron chi connectivity index (χ4n) is 1.42. The maximum atomic E-state index is 11.4. The molecule has 2 amide bonds. The minimum Gasteiger partial charge on any atom is -0.486 e. The number of hydrogen-bond donors (Lipinski definition) is 1. The van der Waals surface area contributed by atoms with Crippen molar-refractivity contribution in [3.8, 4) is 5.75 Å². The standard InChI is InChI=1S/C13H11NO4S/c1-8(15)7-18-10-4-2-9(3-5-10)6-11-12(16)14-13(17)19-11/h2-6H,7H2,1H3,(H,14,16,17)/b11-6-. The van der Waals surface area contributed by atoms with Gasteiger partial charge >= 0.3 is 0 Å². The third-order valence-electron chi connectivity index (χ3n) is 2.26. The smallest absolute Gasteiger partial charge is 0.290 e. The number of rotatable bonds is 4. The van der Waals surface area contributed by atoms with Gasteiger partial charge in [0.15, 0.2) is 5.78 Å². The second kappa shape index (κ2) is 5.71. The molecule has 1 heterocycles. The Kier molecular flexibility index (Phi) is 4.01. The molecule has 0 atom stereocenters. The first-order chi connectivity index (χ1) is 9.04.